The van der Waals surface area contributed by atoms with Crippen molar-refractivity contribution in [1.29, 1.82) is 0 Å². The van der Waals surface area contributed by atoms with Gasteiger partial charge in [-0.3, -0.25) is 4.79 Å². The van der Waals surface area contributed by atoms with Crippen molar-refractivity contribution in [3.05, 3.63) is 29.8 Å². The molecule has 0 radical (unpaired) electrons. The van der Waals surface area contributed by atoms with E-state index in [-0.39, 0.29) is 29.8 Å². The Hall–Kier alpha value is -1.26. The van der Waals surface area contributed by atoms with Crippen molar-refractivity contribution in [2.75, 3.05) is 14.2 Å². The Morgan fingerprint density at radius 1 is 1.45 bits per heavy atom. The van der Waals surface area contributed by atoms with Crippen LogP contribution in [0.2, 0.25) is 0 Å². The largest absolute Gasteiger partial charge is 0.497 e. The molecule has 1 aromatic carbocycles. The molecule has 2 N–H and O–H groups in total. The first-order chi connectivity index (χ1) is 9.94. The highest BCUT2D eigenvalue weighted by Gasteiger charge is 2.38. The van der Waals surface area contributed by atoms with Gasteiger partial charge in [-0.1, -0.05) is 25.0 Å². The molecular weight excluding hydrogens is 300 g/mol. The Balaban J connectivity index is 0.00000242. The first-order valence-corrected chi connectivity index (χ1v) is 7.61. The van der Waals surface area contributed by atoms with Crippen molar-refractivity contribution < 1.29 is 9.53 Å². The number of methoxy groups -OCH3 is 1. The van der Waals surface area contributed by atoms with E-state index in [1.54, 1.807) is 12.0 Å². The summed E-state index contributed by atoms with van der Waals surface area (Å²) in [6.45, 7) is 2.59. The zero-order chi connectivity index (χ0) is 15.5. The van der Waals surface area contributed by atoms with E-state index in [9.17, 15) is 4.79 Å². The average Bonchev–Trinajstić information content (AvgIpc) is 2.46. The lowest BCUT2D eigenvalue weighted by molar-refractivity contribution is -0.138. The fourth-order valence-electron chi connectivity index (χ4n) is 3.15. The van der Waals surface area contributed by atoms with Crippen LogP contribution in [0.25, 0.3) is 0 Å². The molecular formula is C17H27ClN2O2. The Kier molecular flexibility index (Phi) is 6.69. The summed E-state index contributed by atoms with van der Waals surface area (Å²) in [5.41, 5.74) is 7.02. The summed E-state index contributed by atoms with van der Waals surface area (Å²) in [5, 5.41) is 0. The molecule has 1 amide bonds. The van der Waals surface area contributed by atoms with Gasteiger partial charge in [0.05, 0.1) is 13.0 Å². The quantitative estimate of drug-likeness (QED) is 0.925. The van der Waals surface area contributed by atoms with E-state index >= 15 is 0 Å². The number of hydrogen-bond acceptors (Lipinski definition) is 3. The smallest absolute Gasteiger partial charge is 0.227 e. The fraction of sp³-hybridized carbons (Fsp3) is 0.588. The molecule has 0 bridgehead atoms. The molecule has 0 aliphatic heterocycles. The standard InChI is InChI=1S/C17H26N2O2.ClH/c1-17(18)10-5-4-9-15(17)16(20)19(2)12-13-7-6-8-14(11-13)21-3;/h6-8,11,15H,4-5,9-10,12,18H2,1-3H3;1H. The van der Waals surface area contributed by atoms with Gasteiger partial charge in [0.25, 0.3) is 0 Å². The summed E-state index contributed by atoms with van der Waals surface area (Å²) < 4.78 is 5.22. The van der Waals surface area contributed by atoms with E-state index in [1.165, 1.54) is 0 Å². The molecule has 0 saturated heterocycles. The summed E-state index contributed by atoms with van der Waals surface area (Å²) in [4.78, 5) is 14.5. The normalized spacial score (nSPS) is 24.3. The first kappa shape index (κ1) is 18.8. The molecule has 2 rings (SSSR count). The Morgan fingerprint density at radius 3 is 2.82 bits per heavy atom. The van der Waals surface area contributed by atoms with Gasteiger partial charge in [-0.05, 0) is 37.5 Å². The van der Waals surface area contributed by atoms with Crippen molar-refractivity contribution >= 4 is 18.3 Å². The molecule has 1 aliphatic carbocycles. The summed E-state index contributed by atoms with van der Waals surface area (Å²) in [6.07, 6.45) is 4.04. The lowest BCUT2D eigenvalue weighted by Gasteiger charge is -2.39. The molecule has 1 aliphatic rings. The SMILES string of the molecule is COc1cccc(CN(C)C(=O)C2CCCCC2(C)N)c1.Cl. The summed E-state index contributed by atoms with van der Waals surface area (Å²) >= 11 is 0. The van der Waals surface area contributed by atoms with Crippen LogP contribution in [0, 0.1) is 5.92 Å². The molecule has 124 valence electrons. The van der Waals surface area contributed by atoms with Gasteiger partial charge in [0.15, 0.2) is 0 Å². The minimum absolute atomic E-state index is 0. The number of benzene rings is 1. The van der Waals surface area contributed by atoms with Gasteiger partial charge in [0.2, 0.25) is 5.91 Å². The molecule has 0 heterocycles. The van der Waals surface area contributed by atoms with Crippen LogP contribution in [0.15, 0.2) is 24.3 Å². The van der Waals surface area contributed by atoms with Crippen molar-refractivity contribution in [2.45, 2.75) is 44.7 Å². The predicted octanol–water partition coefficient (Wildman–Crippen LogP) is 2.98. The minimum atomic E-state index is -0.377. The van der Waals surface area contributed by atoms with Gasteiger partial charge in [0.1, 0.15) is 5.75 Å². The van der Waals surface area contributed by atoms with Gasteiger partial charge >= 0.3 is 0 Å². The molecule has 4 nitrogen and oxygen atoms in total. The van der Waals surface area contributed by atoms with Crippen molar-refractivity contribution in [2.24, 2.45) is 11.7 Å². The Morgan fingerprint density at radius 2 is 2.18 bits per heavy atom. The predicted molar refractivity (Wildman–Crippen MR) is 91.3 cm³/mol. The van der Waals surface area contributed by atoms with Crippen molar-refractivity contribution in [3.8, 4) is 5.75 Å². The Labute approximate surface area is 139 Å². The van der Waals surface area contributed by atoms with Crippen LogP contribution in [0.3, 0.4) is 0 Å². The number of halogens is 1. The van der Waals surface area contributed by atoms with Gasteiger partial charge in [-0.25, -0.2) is 0 Å². The van der Waals surface area contributed by atoms with E-state index < -0.39 is 0 Å². The van der Waals surface area contributed by atoms with Crippen LogP contribution in [0.5, 0.6) is 5.75 Å². The van der Waals surface area contributed by atoms with Gasteiger partial charge in [-0.15, -0.1) is 12.4 Å². The van der Waals surface area contributed by atoms with Gasteiger partial charge < -0.3 is 15.4 Å². The fourth-order valence-corrected chi connectivity index (χ4v) is 3.15. The number of carbonyl (C=O) groups is 1. The summed E-state index contributed by atoms with van der Waals surface area (Å²) in [5.74, 6) is 0.902. The number of rotatable bonds is 4. The van der Waals surface area contributed by atoms with Crippen molar-refractivity contribution in [3.63, 3.8) is 0 Å². The molecule has 22 heavy (non-hydrogen) atoms. The van der Waals surface area contributed by atoms with E-state index in [4.69, 9.17) is 10.5 Å². The van der Waals surface area contributed by atoms with Gasteiger partial charge in [-0.2, -0.15) is 0 Å². The lowest BCUT2D eigenvalue weighted by atomic mass is 9.74. The topological polar surface area (TPSA) is 55.6 Å². The highest BCUT2D eigenvalue weighted by Crippen LogP contribution is 2.33. The highest BCUT2D eigenvalue weighted by molar-refractivity contribution is 5.85. The monoisotopic (exact) mass is 326 g/mol. The van der Waals surface area contributed by atoms with E-state index in [0.29, 0.717) is 6.54 Å². The third kappa shape index (κ3) is 4.37. The van der Waals surface area contributed by atoms with Crippen LogP contribution >= 0.6 is 12.4 Å². The average molecular weight is 327 g/mol. The third-order valence-corrected chi connectivity index (χ3v) is 4.48. The number of nitrogens with two attached hydrogens (primary N) is 1. The summed E-state index contributed by atoms with van der Waals surface area (Å²) in [7, 11) is 3.50. The van der Waals surface area contributed by atoms with Crippen LogP contribution in [-0.4, -0.2) is 30.5 Å². The van der Waals surface area contributed by atoms with Crippen LogP contribution < -0.4 is 10.5 Å². The number of amides is 1. The third-order valence-electron chi connectivity index (χ3n) is 4.48. The van der Waals surface area contributed by atoms with E-state index in [1.807, 2.05) is 38.2 Å². The lowest BCUT2D eigenvalue weighted by Crippen LogP contribution is -2.53. The molecule has 2 atom stereocenters. The second-order valence-electron chi connectivity index (χ2n) is 6.35. The number of carbonyl (C=O) groups excluding carboxylic acids is 1. The minimum Gasteiger partial charge on any atom is -0.497 e. The second kappa shape index (κ2) is 7.84. The zero-order valence-electron chi connectivity index (χ0n) is 13.7. The molecule has 0 spiro atoms. The van der Waals surface area contributed by atoms with E-state index in [2.05, 4.69) is 0 Å². The molecule has 1 aromatic rings. The molecule has 1 fully saturated rings. The van der Waals surface area contributed by atoms with Crippen LogP contribution in [-0.2, 0) is 11.3 Å². The molecule has 5 heteroatoms. The maximum absolute atomic E-state index is 12.7. The van der Waals surface area contributed by atoms with Crippen LogP contribution in [0.4, 0.5) is 0 Å². The molecule has 2 unspecified atom stereocenters. The first-order valence-electron chi connectivity index (χ1n) is 7.61. The number of ether oxygens (including phenoxy) is 1. The number of nitrogens with zero attached hydrogens (tertiary/aromatic N) is 1. The zero-order valence-corrected chi connectivity index (χ0v) is 14.5. The van der Waals surface area contributed by atoms with Crippen LogP contribution in [0.1, 0.15) is 38.2 Å². The summed E-state index contributed by atoms with van der Waals surface area (Å²) in [6, 6.07) is 7.82. The maximum atomic E-state index is 12.7. The molecule has 0 aromatic heterocycles. The van der Waals surface area contributed by atoms with Crippen molar-refractivity contribution in [1.82, 2.24) is 4.90 Å². The second-order valence-corrected chi connectivity index (χ2v) is 6.35. The van der Waals surface area contributed by atoms with E-state index in [0.717, 1.165) is 37.0 Å². The van der Waals surface area contributed by atoms with Gasteiger partial charge in [0, 0.05) is 19.1 Å². The highest BCUT2D eigenvalue weighted by atomic mass is 35.5. The maximum Gasteiger partial charge on any atom is 0.227 e. The Bertz CT molecular complexity index is 505. The number of hydrogen-bond donors (Lipinski definition) is 1. The molecule has 1 saturated carbocycles.